The SMILES string of the molecule is c1ccc(-c2ccc(N(c3cccc4c3-c3ccccc3C43c4ccccc4-c4c(-c5ccccc5)sc(-c5ccccc5)c43)c3cccc4ccccc34)cc2)cc1. The van der Waals surface area contributed by atoms with Crippen molar-refractivity contribution in [3.8, 4) is 54.3 Å². The van der Waals surface area contributed by atoms with Crippen LogP contribution in [0.1, 0.15) is 22.3 Å². The fourth-order valence-electron chi connectivity index (χ4n) is 10.1. The van der Waals surface area contributed by atoms with Gasteiger partial charge in [0.25, 0.3) is 0 Å². The van der Waals surface area contributed by atoms with Gasteiger partial charge >= 0.3 is 0 Å². The first-order valence-electron chi connectivity index (χ1n) is 20.4. The Morgan fingerprint density at radius 1 is 0.339 bits per heavy atom. The summed E-state index contributed by atoms with van der Waals surface area (Å²) in [6.45, 7) is 0. The van der Waals surface area contributed by atoms with Crippen molar-refractivity contribution in [1.82, 2.24) is 0 Å². The van der Waals surface area contributed by atoms with Gasteiger partial charge in [0.15, 0.2) is 0 Å². The van der Waals surface area contributed by atoms with E-state index < -0.39 is 5.41 Å². The molecule has 1 atom stereocenters. The van der Waals surface area contributed by atoms with E-state index in [0.29, 0.717) is 0 Å². The second-order valence-corrected chi connectivity index (χ2v) is 16.6. The number of thiophene rings is 1. The summed E-state index contributed by atoms with van der Waals surface area (Å²) >= 11 is 1.94. The Hall–Kier alpha value is -7.26. The summed E-state index contributed by atoms with van der Waals surface area (Å²) < 4.78 is 0. The fourth-order valence-corrected chi connectivity index (χ4v) is 11.5. The number of hydrogen-bond donors (Lipinski definition) is 0. The van der Waals surface area contributed by atoms with Crippen LogP contribution in [0.5, 0.6) is 0 Å². The van der Waals surface area contributed by atoms with Crippen molar-refractivity contribution in [3.05, 3.63) is 247 Å². The first-order valence-corrected chi connectivity index (χ1v) is 21.2. The molecule has 0 saturated heterocycles. The number of fused-ring (bicyclic) bond motifs is 11. The highest BCUT2D eigenvalue weighted by Crippen LogP contribution is 2.69. The number of nitrogens with zero attached hydrogens (tertiary/aromatic N) is 1. The van der Waals surface area contributed by atoms with Crippen LogP contribution in [0.4, 0.5) is 17.1 Å². The van der Waals surface area contributed by atoms with Crippen molar-refractivity contribution in [3.63, 3.8) is 0 Å². The molecule has 10 aromatic rings. The van der Waals surface area contributed by atoms with Crippen LogP contribution in [0.3, 0.4) is 0 Å². The summed E-state index contributed by atoms with van der Waals surface area (Å²) in [6, 6.07) is 82.8. The number of anilines is 3. The third kappa shape index (κ3) is 4.97. The molecular formula is C57H37NS. The largest absolute Gasteiger partial charge is 0.309 e. The van der Waals surface area contributed by atoms with E-state index in [1.54, 1.807) is 0 Å². The van der Waals surface area contributed by atoms with Gasteiger partial charge in [0.2, 0.25) is 0 Å². The van der Waals surface area contributed by atoms with Gasteiger partial charge in [-0.3, -0.25) is 0 Å². The van der Waals surface area contributed by atoms with Crippen LogP contribution in [0, 0.1) is 0 Å². The smallest absolute Gasteiger partial charge is 0.0740 e. The first kappa shape index (κ1) is 33.8. The van der Waals surface area contributed by atoms with E-state index in [4.69, 9.17) is 0 Å². The number of hydrogen-bond acceptors (Lipinski definition) is 2. The Kier molecular flexibility index (Phi) is 7.69. The average molecular weight is 768 g/mol. The molecule has 9 aromatic carbocycles. The van der Waals surface area contributed by atoms with Crippen LogP contribution in [0.25, 0.3) is 65.0 Å². The zero-order chi connectivity index (χ0) is 38.9. The second-order valence-electron chi connectivity index (χ2n) is 15.5. The van der Waals surface area contributed by atoms with Crippen LogP contribution in [-0.4, -0.2) is 0 Å². The zero-order valence-electron chi connectivity index (χ0n) is 32.2. The Morgan fingerprint density at radius 3 is 1.53 bits per heavy atom. The van der Waals surface area contributed by atoms with E-state index in [1.807, 2.05) is 11.3 Å². The Labute approximate surface area is 348 Å². The van der Waals surface area contributed by atoms with E-state index in [1.165, 1.54) is 93.0 Å². The summed E-state index contributed by atoms with van der Waals surface area (Å²) in [4.78, 5) is 5.15. The van der Waals surface area contributed by atoms with Gasteiger partial charge in [-0.25, -0.2) is 0 Å². The van der Waals surface area contributed by atoms with E-state index in [-0.39, 0.29) is 0 Å². The molecule has 1 spiro atoms. The molecule has 0 amide bonds. The molecule has 0 aliphatic heterocycles. The predicted molar refractivity (Wildman–Crippen MR) is 249 cm³/mol. The molecule has 2 heteroatoms. The molecule has 1 unspecified atom stereocenters. The van der Waals surface area contributed by atoms with Crippen LogP contribution in [0.15, 0.2) is 224 Å². The maximum Gasteiger partial charge on any atom is 0.0740 e. The maximum atomic E-state index is 2.51. The zero-order valence-corrected chi connectivity index (χ0v) is 33.0. The van der Waals surface area contributed by atoms with Crippen molar-refractivity contribution in [2.45, 2.75) is 5.41 Å². The highest BCUT2D eigenvalue weighted by Gasteiger charge is 2.55. The number of benzene rings is 9. The van der Waals surface area contributed by atoms with Gasteiger partial charge < -0.3 is 4.90 Å². The maximum absolute atomic E-state index is 2.51. The molecule has 0 N–H and O–H groups in total. The van der Waals surface area contributed by atoms with Crippen molar-refractivity contribution in [1.29, 1.82) is 0 Å². The third-order valence-electron chi connectivity index (χ3n) is 12.5. The van der Waals surface area contributed by atoms with Gasteiger partial charge in [0, 0.05) is 32.0 Å². The molecule has 0 radical (unpaired) electrons. The van der Waals surface area contributed by atoms with E-state index in [2.05, 4.69) is 229 Å². The molecule has 59 heavy (non-hydrogen) atoms. The van der Waals surface area contributed by atoms with Crippen LogP contribution >= 0.6 is 11.3 Å². The highest BCUT2D eigenvalue weighted by atomic mass is 32.1. The molecule has 1 nitrogen and oxygen atoms in total. The van der Waals surface area contributed by atoms with Crippen molar-refractivity contribution in [2.24, 2.45) is 0 Å². The number of rotatable bonds is 6. The molecular weight excluding hydrogens is 731 g/mol. The Bertz CT molecular complexity index is 3200. The molecule has 0 saturated carbocycles. The monoisotopic (exact) mass is 767 g/mol. The standard InChI is InChI=1S/C57H37NS/c1-4-18-38(19-5-1)39-34-36-43(37-35-39)58(50-32-16-25-40-20-10-11-26-44(40)50)51-33-17-31-49-52(51)45-27-12-14-29-47(45)57(49)48-30-15-13-28-46(48)53-54(57)56(42-23-8-3-9-24-42)59-55(53)41-21-6-2-7-22-41/h1-37H. The van der Waals surface area contributed by atoms with Gasteiger partial charge in [-0.15, -0.1) is 11.3 Å². The minimum absolute atomic E-state index is 0.538. The van der Waals surface area contributed by atoms with Crippen molar-refractivity contribution >= 4 is 39.2 Å². The molecule has 1 heterocycles. The van der Waals surface area contributed by atoms with E-state index >= 15 is 0 Å². The van der Waals surface area contributed by atoms with Gasteiger partial charge in [0.05, 0.1) is 16.8 Å². The van der Waals surface area contributed by atoms with E-state index in [9.17, 15) is 0 Å². The lowest BCUT2D eigenvalue weighted by Gasteiger charge is -2.32. The molecule has 0 fully saturated rings. The minimum Gasteiger partial charge on any atom is -0.309 e. The first-order chi connectivity index (χ1) is 29.3. The lowest BCUT2D eigenvalue weighted by atomic mass is 9.70. The minimum atomic E-state index is -0.538. The van der Waals surface area contributed by atoms with Crippen molar-refractivity contribution in [2.75, 3.05) is 4.90 Å². The highest BCUT2D eigenvalue weighted by molar-refractivity contribution is 7.19. The third-order valence-corrected chi connectivity index (χ3v) is 13.8. The summed E-state index contributed by atoms with van der Waals surface area (Å²) in [6.07, 6.45) is 0. The van der Waals surface area contributed by atoms with Gasteiger partial charge in [0.1, 0.15) is 0 Å². The van der Waals surface area contributed by atoms with Gasteiger partial charge in [-0.2, -0.15) is 0 Å². The van der Waals surface area contributed by atoms with Crippen LogP contribution in [0.2, 0.25) is 0 Å². The van der Waals surface area contributed by atoms with Crippen LogP contribution < -0.4 is 4.90 Å². The summed E-state index contributed by atoms with van der Waals surface area (Å²) in [7, 11) is 0. The predicted octanol–water partition coefficient (Wildman–Crippen LogP) is 15.7. The average Bonchev–Trinajstić information content (AvgIpc) is 3.96. The normalized spacial score (nSPS) is 14.5. The van der Waals surface area contributed by atoms with Gasteiger partial charge in [-0.05, 0) is 85.3 Å². The Balaban J connectivity index is 1.18. The summed E-state index contributed by atoms with van der Waals surface area (Å²) in [5.41, 5.74) is 18.4. The molecule has 1 aromatic heterocycles. The van der Waals surface area contributed by atoms with Crippen molar-refractivity contribution < 1.29 is 0 Å². The molecule has 0 bridgehead atoms. The molecule has 2 aliphatic carbocycles. The van der Waals surface area contributed by atoms with Gasteiger partial charge in [-0.1, -0.05) is 200 Å². The van der Waals surface area contributed by atoms with E-state index in [0.717, 1.165) is 11.4 Å². The molecule has 276 valence electrons. The Morgan fingerprint density at radius 2 is 0.831 bits per heavy atom. The quantitative estimate of drug-likeness (QED) is 0.163. The topological polar surface area (TPSA) is 3.24 Å². The molecule has 2 aliphatic rings. The lowest BCUT2D eigenvalue weighted by Crippen LogP contribution is -2.26. The summed E-state index contributed by atoms with van der Waals surface area (Å²) in [5.74, 6) is 0. The summed E-state index contributed by atoms with van der Waals surface area (Å²) in [5, 5.41) is 2.43. The lowest BCUT2D eigenvalue weighted by molar-refractivity contribution is 0.798. The molecule has 12 rings (SSSR count). The second kappa shape index (κ2) is 13.4. The van der Waals surface area contributed by atoms with Crippen LogP contribution in [-0.2, 0) is 5.41 Å². The fraction of sp³-hybridized carbons (Fsp3) is 0.0175.